The molecule has 2 aliphatic rings. The van der Waals surface area contributed by atoms with E-state index in [1.807, 2.05) is 66.7 Å². The number of amides is 1. The highest BCUT2D eigenvalue weighted by atomic mass is 35.5. The number of rotatable bonds is 12. The van der Waals surface area contributed by atoms with Crippen LogP contribution in [0.25, 0.3) is 11.1 Å². The largest absolute Gasteiger partial charge is 0.489 e. The molecule has 0 spiro atoms. The molecule has 0 saturated carbocycles. The molecule has 13 nitrogen and oxygen atoms in total. The summed E-state index contributed by atoms with van der Waals surface area (Å²) in [5, 5.41) is 12.9. The van der Waals surface area contributed by atoms with Gasteiger partial charge in [0.1, 0.15) is 31.0 Å². The van der Waals surface area contributed by atoms with Crippen LogP contribution in [-0.2, 0) is 50.3 Å². The number of thiazole rings is 1. The maximum atomic E-state index is 14.5. The monoisotopic (exact) mass is 923 g/mol. The van der Waals surface area contributed by atoms with E-state index in [0.717, 1.165) is 43.5 Å². The molecule has 8 rings (SSSR count). The Morgan fingerprint density at radius 3 is 2.29 bits per heavy atom. The fourth-order valence-corrected chi connectivity index (χ4v) is 10.8. The molecule has 1 unspecified atom stereocenters. The van der Waals surface area contributed by atoms with Gasteiger partial charge in [-0.2, -0.15) is 9.57 Å². The number of nitrogens with two attached hydrogens (primary N) is 1. The van der Waals surface area contributed by atoms with E-state index in [-0.39, 0.29) is 41.0 Å². The molecule has 6 aromatic rings. The topological polar surface area (TPSA) is 183 Å². The lowest BCUT2D eigenvalue weighted by molar-refractivity contribution is -0.145. The van der Waals surface area contributed by atoms with Gasteiger partial charge in [0.15, 0.2) is 26.9 Å². The number of esters is 1. The molecule has 5 aromatic carbocycles. The number of halogens is 2. The van der Waals surface area contributed by atoms with E-state index in [0.29, 0.717) is 50.6 Å². The summed E-state index contributed by atoms with van der Waals surface area (Å²) < 4.78 is 53.7. The Morgan fingerprint density at radius 1 is 0.952 bits per heavy atom. The number of aryl methyl sites for hydroxylation is 1. The van der Waals surface area contributed by atoms with Crippen molar-refractivity contribution in [1.29, 1.82) is 5.26 Å². The number of carbonyl (C=O) groups is 2. The summed E-state index contributed by atoms with van der Waals surface area (Å²) in [6.45, 7) is 1.84. The predicted molar refractivity (Wildman–Crippen MR) is 238 cm³/mol. The summed E-state index contributed by atoms with van der Waals surface area (Å²) in [5.41, 5.74) is 12.2. The zero-order valence-electron chi connectivity index (χ0n) is 33.8. The Morgan fingerprint density at radius 2 is 1.63 bits per heavy atom. The Bertz CT molecular complexity index is 2850. The van der Waals surface area contributed by atoms with E-state index in [4.69, 9.17) is 53.1 Å². The number of carbonyl (C=O) groups excluding carboxylic acids is 2. The molecule has 0 aliphatic carbocycles. The number of anilines is 1. The number of nitriles is 1. The average Bonchev–Trinajstić information content (AvgIpc) is 3.65. The number of aromatic nitrogens is 1. The van der Waals surface area contributed by atoms with Gasteiger partial charge in [-0.25, -0.2) is 18.2 Å². The molecule has 322 valence electrons. The number of nitrogens with zero attached hydrogens (tertiary/aromatic N) is 3. The number of benzene rings is 5. The van der Waals surface area contributed by atoms with E-state index in [9.17, 15) is 18.0 Å². The lowest BCUT2D eigenvalue weighted by Gasteiger charge is -2.36. The summed E-state index contributed by atoms with van der Waals surface area (Å²) in [6, 6.07) is 30.6. The van der Waals surface area contributed by atoms with Crippen molar-refractivity contribution in [2.75, 3.05) is 19.5 Å². The lowest BCUT2D eigenvalue weighted by Crippen LogP contribution is -2.56. The summed E-state index contributed by atoms with van der Waals surface area (Å²) >= 11 is 13.0. The summed E-state index contributed by atoms with van der Waals surface area (Å²) in [6.07, 6.45) is -0.446. The maximum absolute atomic E-state index is 14.5. The molecule has 0 saturated heterocycles. The SMILES string of the molecule is COC(=O)[C@H](Cc1ccc(-c2ccc(C#N)cc2)cc1)NC(=O)C1Cc2cc3c(cc2CN1S(=O)(=O)c1sc(N)nc1C)O[C@@H](c1ccc(OCc2ccc(Cl)c(Cl)c2)cc1)CO3. The van der Waals surface area contributed by atoms with Crippen LogP contribution in [0.2, 0.25) is 10.0 Å². The van der Waals surface area contributed by atoms with Crippen LogP contribution in [0.5, 0.6) is 17.2 Å². The van der Waals surface area contributed by atoms with Gasteiger partial charge in [0, 0.05) is 13.0 Å². The van der Waals surface area contributed by atoms with E-state index in [2.05, 4.69) is 16.4 Å². The van der Waals surface area contributed by atoms with Gasteiger partial charge in [0.2, 0.25) is 5.91 Å². The number of fused-ring (bicyclic) bond motifs is 2. The molecule has 0 bridgehead atoms. The van der Waals surface area contributed by atoms with Crippen molar-refractivity contribution in [1.82, 2.24) is 14.6 Å². The van der Waals surface area contributed by atoms with Gasteiger partial charge >= 0.3 is 5.97 Å². The molecule has 1 amide bonds. The number of ether oxygens (including phenoxy) is 4. The van der Waals surface area contributed by atoms with Crippen molar-refractivity contribution < 1.29 is 37.0 Å². The number of hydrogen-bond acceptors (Lipinski definition) is 12. The average molecular weight is 925 g/mol. The predicted octanol–water partition coefficient (Wildman–Crippen LogP) is 7.99. The van der Waals surface area contributed by atoms with Crippen molar-refractivity contribution in [3.05, 3.63) is 152 Å². The van der Waals surface area contributed by atoms with E-state index in [1.165, 1.54) is 7.11 Å². The lowest BCUT2D eigenvalue weighted by atomic mass is 9.93. The second kappa shape index (κ2) is 18.3. The van der Waals surface area contributed by atoms with E-state index >= 15 is 0 Å². The first-order valence-corrected chi connectivity index (χ1v) is 22.6. The Balaban J connectivity index is 1.02. The number of hydrogen-bond donors (Lipinski definition) is 2. The van der Waals surface area contributed by atoms with Crippen molar-refractivity contribution in [3.63, 3.8) is 0 Å². The third kappa shape index (κ3) is 9.46. The van der Waals surface area contributed by atoms with Gasteiger partial charge in [-0.05, 0) is 101 Å². The first-order chi connectivity index (χ1) is 30.3. The Hall–Kier alpha value is -6.15. The van der Waals surface area contributed by atoms with Crippen molar-refractivity contribution in [2.45, 2.75) is 55.3 Å². The van der Waals surface area contributed by atoms with Crippen LogP contribution in [0.3, 0.4) is 0 Å². The van der Waals surface area contributed by atoms with Crippen molar-refractivity contribution in [2.24, 2.45) is 0 Å². The smallest absolute Gasteiger partial charge is 0.328 e. The Kier molecular flexibility index (Phi) is 12.6. The highest BCUT2D eigenvalue weighted by Crippen LogP contribution is 2.42. The number of methoxy groups -OCH3 is 1. The van der Waals surface area contributed by atoms with Gasteiger partial charge in [-0.15, -0.1) is 0 Å². The second-order valence-electron chi connectivity index (χ2n) is 15.0. The van der Waals surface area contributed by atoms with E-state index < -0.39 is 40.1 Å². The van der Waals surface area contributed by atoms with Gasteiger partial charge in [-0.3, -0.25) is 4.79 Å². The minimum Gasteiger partial charge on any atom is -0.489 e. The summed E-state index contributed by atoms with van der Waals surface area (Å²) in [4.78, 5) is 31.7. The maximum Gasteiger partial charge on any atom is 0.328 e. The second-order valence-corrected chi connectivity index (χ2v) is 18.9. The zero-order chi connectivity index (χ0) is 44.4. The number of sulfonamides is 1. The molecule has 3 N–H and O–H groups in total. The fraction of sp³-hybridized carbons (Fsp3) is 0.217. The third-order valence-corrected chi connectivity index (χ3v) is 15.0. The van der Waals surface area contributed by atoms with Crippen LogP contribution >= 0.6 is 34.5 Å². The van der Waals surface area contributed by atoms with Gasteiger partial charge in [-0.1, -0.05) is 89.1 Å². The normalized spacial score (nSPS) is 16.3. The molecule has 3 heterocycles. The zero-order valence-corrected chi connectivity index (χ0v) is 37.0. The Labute approximate surface area is 377 Å². The molecule has 63 heavy (non-hydrogen) atoms. The third-order valence-electron chi connectivity index (χ3n) is 10.8. The molecular weight excluding hydrogens is 886 g/mol. The van der Waals surface area contributed by atoms with Crippen LogP contribution in [0.4, 0.5) is 5.13 Å². The molecule has 2 aliphatic heterocycles. The van der Waals surface area contributed by atoms with Crippen molar-refractivity contribution in [3.8, 4) is 34.4 Å². The summed E-state index contributed by atoms with van der Waals surface area (Å²) in [5.74, 6) is 0.116. The first kappa shape index (κ1) is 43.5. The highest BCUT2D eigenvalue weighted by molar-refractivity contribution is 7.91. The van der Waals surface area contributed by atoms with Crippen LogP contribution in [0.1, 0.15) is 45.2 Å². The molecule has 0 radical (unpaired) electrons. The summed E-state index contributed by atoms with van der Waals surface area (Å²) in [7, 11) is -3.13. The van der Waals surface area contributed by atoms with E-state index in [1.54, 1.807) is 43.3 Å². The van der Waals surface area contributed by atoms with Gasteiger partial charge in [0.25, 0.3) is 10.0 Å². The fourth-order valence-electron chi connectivity index (χ4n) is 7.50. The van der Waals surface area contributed by atoms with Gasteiger partial charge < -0.3 is 30.0 Å². The van der Waals surface area contributed by atoms with Gasteiger partial charge in [0.05, 0.1) is 34.5 Å². The highest BCUT2D eigenvalue weighted by Gasteiger charge is 2.43. The minimum atomic E-state index is -4.35. The standard InChI is InChI=1S/C46H39Cl2N5O8S2/c1-26-45(62-46(50)51-26)63(56,57)53-23-34-21-41-40(60-25-42(61-41)32-12-14-35(15-13-32)59-24-29-7-16-36(47)37(48)17-29)20-33(34)19-39(53)43(54)52-38(44(55)58-2)18-27-3-8-30(9-4-27)31-10-5-28(22-49)6-11-31/h3-17,20-21,38-39,42H,18-19,23-25H2,1-2H3,(H2,50,51)(H,52,54)/t38-,39?,42+/m0/s1. The quantitative estimate of drug-likeness (QED) is 0.114. The van der Waals surface area contributed by atoms with Crippen LogP contribution < -0.4 is 25.3 Å². The molecule has 3 atom stereocenters. The minimum absolute atomic E-state index is 0.0370. The molecule has 17 heteroatoms. The van der Waals surface area contributed by atoms with Crippen LogP contribution in [-0.4, -0.2) is 55.4 Å². The molecule has 0 fully saturated rings. The number of nitrogen functional groups attached to an aromatic ring is 1. The first-order valence-electron chi connectivity index (χ1n) is 19.6. The number of nitrogens with one attached hydrogen (secondary N) is 1. The molecular formula is C46H39Cl2N5O8S2. The van der Waals surface area contributed by atoms with Crippen LogP contribution in [0.15, 0.2) is 107 Å². The van der Waals surface area contributed by atoms with Crippen molar-refractivity contribution >= 4 is 61.6 Å². The van der Waals surface area contributed by atoms with Crippen LogP contribution in [0, 0.1) is 18.3 Å². The molecule has 1 aromatic heterocycles.